The largest absolute Gasteiger partial charge is 0.465 e. The second-order valence-electron chi connectivity index (χ2n) is 7.33. The number of hydrogen-bond acceptors (Lipinski definition) is 7. The van der Waals surface area contributed by atoms with Crippen molar-refractivity contribution in [3.63, 3.8) is 0 Å². The average molecular weight is 466 g/mol. The van der Waals surface area contributed by atoms with Gasteiger partial charge >= 0.3 is 11.9 Å². The standard InChI is InChI=1S/C24H23N3O5S/c1-3-31-20(28)14-27-22(21(26-24(27)33)17-9-4-5-12-25-17)19-11-10-18(32-19)15-7-6-8-16(13-15)23(29)30-2/h4-13,21-22H,3,14H2,1-2H3,(H,26,33)/t21-,22-/m1/s1. The molecule has 8 nitrogen and oxygen atoms in total. The van der Waals surface area contributed by atoms with Gasteiger partial charge in [-0.3, -0.25) is 9.78 Å². The molecule has 1 aromatic carbocycles. The Morgan fingerprint density at radius 1 is 1.18 bits per heavy atom. The molecule has 0 amide bonds. The Balaban J connectivity index is 1.70. The van der Waals surface area contributed by atoms with Crippen molar-refractivity contribution in [3.05, 3.63) is 77.8 Å². The fourth-order valence-corrected chi connectivity index (χ4v) is 4.12. The lowest BCUT2D eigenvalue weighted by molar-refractivity contribution is -0.143. The number of aromatic nitrogens is 1. The lowest BCUT2D eigenvalue weighted by atomic mass is 10.0. The van der Waals surface area contributed by atoms with Gasteiger partial charge < -0.3 is 24.1 Å². The molecule has 0 spiro atoms. The fraction of sp³-hybridized carbons (Fsp3) is 0.250. The predicted molar refractivity (Wildman–Crippen MR) is 124 cm³/mol. The van der Waals surface area contributed by atoms with Crippen LogP contribution in [0.1, 0.15) is 40.8 Å². The molecule has 2 aromatic heterocycles. The first-order valence-electron chi connectivity index (χ1n) is 10.4. The molecule has 1 saturated heterocycles. The summed E-state index contributed by atoms with van der Waals surface area (Å²) in [5.41, 5.74) is 1.91. The Morgan fingerprint density at radius 2 is 2.03 bits per heavy atom. The molecule has 0 aliphatic carbocycles. The summed E-state index contributed by atoms with van der Waals surface area (Å²) in [7, 11) is 1.34. The van der Waals surface area contributed by atoms with Crippen LogP contribution in [-0.2, 0) is 14.3 Å². The molecule has 0 saturated carbocycles. The number of pyridine rings is 1. The van der Waals surface area contributed by atoms with E-state index in [4.69, 9.17) is 26.1 Å². The van der Waals surface area contributed by atoms with Crippen molar-refractivity contribution in [3.8, 4) is 11.3 Å². The Bertz CT molecular complexity index is 1160. The van der Waals surface area contributed by atoms with Gasteiger partial charge in [-0.1, -0.05) is 18.2 Å². The quantitative estimate of drug-likeness (QED) is 0.414. The van der Waals surface area contributed by atoms with Crippen LogP contribution in [0.4, 0.5) is 0 Å². The highest BCUT2D eigenvalue weighted by atomic mass is 32.1. The molecule has 0 bridgehead atoms. The Hall–Kier alpha value is -3.72. The molecule has 0 radical (unpaired) electrons. The van der Waals surface area contributed by atoms with Gasteiger partial charge in [-0.15, -0.1) is 0 Å². The van der Waals surface area contributed by atoms with Crippen molar-refractivity contribution < 1.29 is 23.5 Å². The molecule has 1 fully saturated rings. The molecule has 33 heavy (non-hydrogen) atoms. The van der Waals surface area contributed by atoms with Crippen molar-refractivity contribution >= 4 is 29.3 Å². The number of benzene rings is 1. The number of methoxy groups -OCH3 is 1. The molecule has 1 aliphatic heterocycles. The average Bonchev–Trinajstić information content (AvgIpc) is 3.44. The van der Waals surface area contributed by atoms with Gasteiger partial charge in [0.15, 0.2) is 5.11 Å². The lowest BCUT2D eigenvalue weighted by Gasteiger charge is -2.25. The number of ether oxygens (including phenoxy) is 2. The van der Waals surface area contributed by atoms with Crippen LogP contribution in [0.15, 0.2) is 65.2 Å². The first kappa shape index (κ1) is 22.5. The molecule has 1 aliphatic rings. The van der Waals surface area contributed by atoms with Crippen LogP contribution in [0.5, 0.6) is 0 Å². The predicted octanol–water partition coefficient (Wildman–Crippen LogP) is 3.66. The monoisotopic (exact) mass is 465 g/mol. The minimum atomic E-state index is -0.426. The molecular weight excluding hydrogens is 442 g/mol. The zero-order valence-corrected chi connectivity index (χ0v) is 19.0. The molecule has 4 rings (SSSR count). The van der Waals surface area contributed by atoms with Gasteiger partial charge in [0.1, 0.15) is 24.1 Å². The second-order valence-corrected chi connectivity index (χ2v) is 7.72. The molecule has 3 aromatic rings. The van der Waals surface area contributed by atoms with E-state index in [9.17, 15) is 9.59 Å². The summed E-state index contributed by atoms with van der Waals surface area (Å²) < 4.78 is 16.2. The van der Waals surface area contributed by atoms with Gasteiger partial charge in [-0.25, -0.2) is 4.79 Å². The third-order valence-corrected chi connectivity index (χ3v) is 5.64. The van der Waals surface area contributed by atoms with Crippen molar-refractivity contribution in [2.45, 2.75) is 19.0 Å². The van der Waals surface area contributed by atoms with Crippen molar-refractivity contribution in [2.75, 3.05) is 20.3 Å². The molecule has 170 valence electrons. The molecule has 9 heteroatoms. The maximum atomic E-state index is 12.3. The van der Waals surface area contributed by atoms with Gasteiger partial charge in [0.25, 0.3) is 0 Å². The van der Waals surface area contributed by atoms with Crippen LogP contribution in [0, 0.1) is 0 Å². The van der Waals surface area contributed by atoms with Crippen molar-refractivity contribution in [1.29, 1.82) is 0 Å². The second kappa shape index (κ2) is 9.83. The Labute approximate surface area is 196 Å². The lowest BCUT2D eigenvalue weighted by Crippen LogP contribution is -2.35. The normalized spacial score (nSPS) is 17.5. The van der Waals surface area contributed by atoms with Gasteiger partial charge in [-0.2, -0.15) is 0 Å². The third-order valence-electron chi connectivity index (χ3n) is 5.29. The van der Waals surface area contributed by atoms with E-state index >= 15 is 0 Å². The number of carbonyl (C=O) groups is 2. The van der Waals surface area contributed by atoms with Crippen molar-refractivity contribution in [1.82, 2.24) is 15.2 Å². The minimum absolute atomic E-state index is 0.0263. The zero-order chi connectivity index (χ0) is 23.4. The van der Waals surface area contributed by atoms with Crippen LogP contribution < -0.4 is 5.32 Å². The summed E-state index contributed by atoms with van der Waals surface area (Å²) >= 11 is 5.54. The van der Waals surface area contributed by atoms with Crippen LogP contribution in [0.2, 0.25) is 0 Å². The van der Waals surface area contributed by atoms with Crippen LogP contribution in [0.25, 0.3) is 11.3 Å². The first-order chi connectivity index (χ1) is 16.0. The van der Waals surface area contributed by atoms with E-state index in [0.717, 1.165) is 11.3 Å². The van der Waals surface area contributed by atoms with Crippen molar-refractivity contribution in [2.24, 2.45) is 0 Å². The highest BCUT2D eigenvalue weighted by molar-refractivity contribution is 7.80. The third kappa shape index (κ3) is 4.73. The summed E-state index contributed by atoms with van der Waals surface area (Å²) in [5.74, 6) is 0.362. The topological polar surface area (TPSA) is 93.9 Å². The van der Waals surface area contributed by atoms with Gasteiger partial charge in [0.2, 0.25) is 0 Å². The summed E-state index contributed by atoms with van der Waals surface area (Å²) in [6, 6.07) is 15.5. The molecule has 1 N–H and O–H groups in total. The number of nitrogens with one attached hydrogen (secondary N) is 1. The SMILES string of the molecule is CCOC(=O)CN1C(=S)N[C@H](c2ccccn2)[C@H]1c1ccc(-c2cccc(C(=O)OC)c2)o1. The summed E-state index contributed by atoms with van der Waals surface area (Å²) in [6.45, 7) is 2.01. The van der Waals surface area contributed by atoms with E-state index in [0.29, 0.717) is 22.2 Å². The number of thiocarbonyl (C=S) groups is 1. The van der Waals surface area contributed by atoms with E-state index in [1.54, 1.807) is 36.2 Å². The number of rotatable bonds is 7. The maximum Gasteiger partial charge on any atom is 0.337 e. The van der Waals surface area contributed by atoms with E-state index < -0.39 is 12.0 Å². The molecule has 2 atom stereocenters. The van der Waals surface area contributed by atoms with Gasteiger partial charge in [0.05, 0.1) is 31.0 Å². The fourth-order valence-electron chi connectivity index (χ4n) is 3.81. The highest BCUT2D eigenvalue weighted by Crippen LogP contribution is 2.40. The van der Waals surface area contributed by atoms with Crippen LogP contribution >= 0.6 is 12.2 Å². The van der Waals surface area contributed by atoms with E-state index in [2.05, 4.69) is 10.3 Å². The van der Waals surface area contributed by atoms with Crippen LogP contribution in [0.3, 0.4) is 0 Å². The Kier molecular flexibility index (Phi) is 6.69. The summed E-state index contributed by atoms with van der Waals surface area (Å²) in [4.78, 5) is 30.4. The molecular formula is C24H23N3O5S. The number of furan rings is 1. The smallest absolute Gasteiger partial charge is 0.337 e. The minimum Gasteiger partial charge on any atom is -0.465 e. The maximum absolute atomic E-state index is 12.3. The summed E-state index contributed by atoms with van der Waals surface area (Å²) in [6.07, 6.45) is 1.71. The number of nitrogens with zero attached hydrogens (tertiary/aromatic N) is 2. The first-order valence-corrected chi connectivity index (χ1v) is 10.8. The zero-order valence-electron chi connectivity index (χ0n) is 18.2. The molecule has 0 unspecified atom stereocenters. The number of esters is 2. The number of hydrogen-bond donors (Lipinski definition) is 1. The van der Waals surface area contributed by atoms with E-state index in [-0.39, 0.29) is 25.2 Å². The highest BCUT2D eigenvalue weighted by Gasteiger charge is 2.42. The van der Waals surface area contributed by atoms with E-state index in [1.807, 2.05) is 36.4 Å². The number of carbonyl (C=O) groups excluding carboxylic acids is 2. The van der Waals surface area contributed by atoms with Gasteiger partial charge in [-0.05, 0) is 55.5 Å². The Morgan fingerprint density at radius 3 is 2.76 bits per heavy atom. The van der Waals surface area contributed by atoms with Crippen LogP contribution in [-0.4, -0.2) is 47.2 Å². The summed E-state index contributed by atoms with van der Waals surface area (Å²) in [5, 5.41) is 3.67. The van der Waals surface area contributed by atoms with E-state index in [1.165, 1.54) is 7.11 Å². The molecule has 3 heterocycles. The van der Waals surface area contributed by atoms with Gasteiger partial charge in [0, 0.05) is 11.8 Å².